The van der Waals surface area contributed by atoms with E-state index in [0.717, 1.165) is 31.4 Å². The van der Waals surface area contributed by atoms with Crippen LogP contribution in [-0.2, 0) is 9.53 Å². The second kappa shape index (κ2) is 9.80. The minimum atomic E-state index is -0.139. The maximum Gasteiger partial charge on any atom is 0.305 e. The number of unbranched alkanes of at least 4 members (excludes halogenated alkanes) is 3. The summed E-state index contributed by atoms with van der Waals surface area (Å²) in [5.74, 6) is 0.299. The highest BCUT2D eigenvalue weighted by Crippen LogP contribution is 2.08. The highest BCUT2D eigenvalue weighted by Gasteiger charge is 1.99. The Labute approximate surface area is 126 Å². The lowest BCUT2D eigenvalue weighted by atomic mass is 10.1. The lowest BCUT2D eigenvalue weighted by Crippen LogP contribution is -2.22. The summed E-state index contributed by atoms with van der Waals surface area (Å²) in [5, 5.41) is 3.06. The summed E-state index contributed by atoms with van der Waals surface area (Å²) in [5.41, 5.74) is 7.98. The van der Waals surface area contributed by atoms with E-state index in [1.54, 1.807) is 0 Å². The number of methoxy groups -OCH3 is 1. The molecule has 1 rings (SSSR count). The van der Waals surface area contributed by atoms with Crippen molar-refractivity contribution in [2.24, 2.45) is 10.7 Å². The molecule has 5 nitrogen and oxygen atoms in total. The molecule has 0 fully saturated rings. The van der Waals surface area contributed by atoms with E-state index in [4.69, 9.17) is 5.73 Å². The smallest absolute Gasteiger partial charge is 0.305 e. The molecule has 116 valence electrons. The fraction of sp³-hybridized carbons (Fsp3) is 0.500. The van der Waals surface area contributed by atoms with Gasteiger partial charge in [-0.15, -0.1) is 0 Å². The first-order valence-corrected chi connectivity index (χ1v) is 7.32. The van der Waals surface area contributed by atoms with E-state index < -0.39 is 0 Å². The minimum absolute atomic E-state index is 0.139. The van der Waals surface area contributed by atoms with Gasteiger partial charge < -0.3 is 15.8 Å². The number of esters is 1. The van der Waals surface area contributed by atoms with Crippen LogP contribution in [0.2, 0.25) is 0 Å². The highest BCUT2D eigenvalue weighted by molar-refractivity contribution is 5.92. The Bertz CT molecular complexity index is 455. The number of nitrogens with two attached hydrogens (primary N) is 1. The van der Waals surface area contributed by atoms with Crippen LogP contribution in [0.25, 0.3) is 0 Å². The third-order valence-corrected chi connectivity index (χ3v) is 3.12. The largest absolute Gasteiger partial charge is 0.469 e. The number of carbonyl (C=O) groups is 1. The van der Waals surface area contributed by atoms with Crippen molar-refractivity contribution in [3.8, 4) is 0 Å². The molecule has 0 radical (unpaired) electrons. The zero-order valence-electron chi connectivity index (χ0n) is 12.9. The number of hydrogen-bond donors (Lipinski definition) is 2. The summed E-state index contributed by atoms with van der Waals surface area (Å²) in [6, 6.07) is 8.00. The van der Waals surface area contributed by atoms with Crippen LogP contribution in [-0.4, -0.2) is 25.6 Å². The van der Waals surface area contributed by atoms with E-state index in [1.165, 1.54) is 12.7 Å². The summed E-state index contributed by atoms with van der Waals surface area (Å²) in [6.07, 6.45) is 4.38. The molecule has 5 heteroatoms. The average Bonchev–Trinajstić information content (AvgIpc) is 2.48. The van der Waals surface area contributed by atoms with Gasteiger partial charge in [0.2, 0.25) is 0 Å². The molecule has 1 aromatic rings. The van der Waals surface area contributed by atoms with Gasteiger partial charge in [-0.25, -0.2) is 0 Å². The van der Waals surface area contributed by atoms with Gasteiger partial charge in [0.05, 0.1) is 7.11 Å². The average molecular weight is 291 g/mol. The van der Waals surface area contributed by atoms with Crippen molar-refractivity contribution in [2.75, 3.05) is 19.0 Å². The Morgan fingerprint density at radius 3 is 2.52 bits per heavy atom. The van der Waals surface area contributed by atoms with Gasteiger partial charge in [-0.05, 0) is 31.9 Å². The van der Waals surface area contributed by atoms with Gasteiger partial charge in [0.25, 0.3) is 0 Å². The van der Waals surface area contributed by atoms with E-state index in [9.17, 15) is 4.79 Å². The van der Waals surface area contributed by atoms with Crippen LogP contribution in [0.1, 0.15) is 37.7 Å². The van der Waals surface area contributed by atoms with E-state index in [2.05, 4.69) is 15.0 Å². The van der Waals surface area contributed by atoms with Crippen LogP contribution in [0.3, 0.4) is 0 Å². The van der Waals surface area contributed by atoms with Gasteiger partial charge in [-0.1, -0.05) is 30.5 Å². The SMILES string of the molecule is COC(=O)CCCCCCN=C(N)Nc1ccc(C)cc1. The Morgan fingerprint density at radius 1 is 1.19 bits per heavy atom. The molecule has 0 aromatic heterocycles. The second-order valence-corrected chi connectivity index (χ2v) is 5.00. The molecule has 0 unspecified atom stereocenters. The number of aliphatic imine (C=N–C) groups is 1. The van der Waals surface area contributed by atoms with Crippen LogP contribution < -0.4 is 11.1 Å². The summed E-state index contributed by atoms with van der Waals surface area (Å²) in [7, 11) is 1.42. The third kappa shape index (κ3) is 7.97. The van der Waals surface area contributed by atoms with E-state index >= 15 is 0 Å². The van der Waals surface area contributed by atoms with E-state index in [1.807, 2.05) is 31.2 Å². The molecule has 1 aromatic carbocycles. The number of nitrogens with one attached hydrogen (secondary N) is 1. The van der Waals surface area contributed by atoms with Gasteiger partial charge in [-0.2, -0.15) is 0 Å². The van der Waals surface area contributed by atoms with Crippen molar-refractivity contribution >= 4 is 17.6 Å². The quantitative estimate of drug-likeness (QED) is 0.334. The number of benzene rings is 1. The molecule has 0 spiro atoms. The maximum absolute atomic E-state index is 10.9. The number of nitrogens with zero attached hydrogens (tertiary/aromatic N) is 1. The van der Waals surface area contributed by atoms with Crippen molar-refractivity contribution in [3.63, 3.8) is 0 Å². The fourth-order valence-electron chi connectivity index (χ4n) is 1.86. The fourth-order valence-corrected chi connectivity index (χ4v) is 1.86. The number of guanidine groups is 1. The Morgan fingerprint density at radius 2 is 1.86 bits per heavy atom. The number of rotatable bonds is 8. The second-order valence-electron chi connectivity index (χ2n) is 5.00. The van der Waals surface area contributed by atoms with E-state index in [-0.39, 0.29) is 5.97 Å². The van der Waals surface area contributed by atoms with Crippen molar-refractivity contribution in [1.29, 1.82) is 0 Å². The highest BCUT2D eigenvalue weighted by atomic mass is 16.5. The molecule has 0 saturated carbocycles. The molecule has 0 saturated heterocycles. The predicted octanol–water partition coefficient (Wildman–Crippen LogP) is 2.85. The third-order valence-electron chi connectivity index (χ3n) is 3.12. The molecule has 3 N–H and O–H groups in total. The number of ether oxygens (including phenoxy) is 1. The predicted molar refractivity (Wildman–Crippen MR) is 86.4 cm³/mol. The molecule has 0 heterocycles. The summed E-state index contributed by atoms with van der Waals surface area (Å²) >= 11 is 0. The van der Waals surface area contributed by atoms with Crippen molar-refractivity contribution in [3.05, 3.63) is 29.8 Å². The van der Waals surface area contributed by atoms with Crippen molar-refractivity contribution in [2.45, 2.75) is 39.0 Å². The molecular weight excluding hydrogens is 266 g/mol. The van der Waals surface area contributed by atoms with Crippen LogP contribution in [0.5, 0.6) is 0 Å². The monoisotopic (exact) mass is 291 g/mol. The van der Waals surface area contributed by atoms with Crippen LogP contribution in [0, 0.1) is 6.92 Å². The lowest BCUT2D eigenvalue weighted by Gasteiger charge is -2.06. The van der Waals surface area contributed by atoms with Gasteiger partial charge >= 0.3 is 5.97 Å². The molecule has 0 atom stereocenters. The number of aryl methyl sites for hydroxylation is 1. The zero-order valence-corrected chi connectivity index (χ0v) is 12.9. The summed E-state index contributed by atoms with van der Waals surface area (Å²) in [6.45, 7) is 2.74. The van der Waals surface area contributed by atoms with Crippen LogP contribution in [0.15, 0.2) is 29.3 Å². The maximum atomic E-state index is 10.9. The van der Waals surface area contributed by atoms with E-state index in [0.29, 0.717) is 18.9 Å². The molecule has 0 aliphatic rings. The topological polar surface area (TPSA) is 76.7 Å². The Balaban J connectivity index is 2.12. The molecule has 0 bridgehead atoms. The molecular formula is C16H25N3O2. The standard InChI is InChI=1S/C16H25N3O2/c1-13-8-10-14(11-9-13)19-16(17)18-12-6-4-3-5-7-15(20)21-2/h8-11H,3-7,12H2,1-2H3,(H3,17,18,19). The Kier molecular flexibility index (Phi) is 7.94. The van der Waals surface area contributed by atoms with Gasteiger partial charge in [0.1, 0.15) is 0 Å². The first-order valence-electron chi connectivity index (χ1n) is 7.32. The number of hydrogen-bond acceptors (Lipinski definition) is 3. The lowest BCUT2D eigenvalue weighted by molar-refractivity contribution is -0.140. The molecule has 21 heavy (non-hydrogen) atoms. The first-order chi connectivity index (χ1) is 10.1. The summed E-state index contributed by atoms with van der Waals surface area (Å²) in [4.78, 5) is 15.2. The molecule has 0 aliphatic heterocycles. The molecule has 0 amide bonds. The number of anilines is 1. The Hall–Kier alpha value is -2.04. The van der Waals surface area contributed by atoms with Gasteiger partial charge in [-0.3, -0.25) is 9.79 Å². The van der Waals surface area contributed by atoms with Crippen molar-refractivity contribution in [1.82, 2.24) is 0 Å². The first kappa shape index (κ1) is 17.0. The zero-order chi connectivity index (χ0) is 15.5. The van der Waals surface area contributed by atoms with Crippen molar-refractivity contribution < 1.29 is 9.53 Å². The van der Waals surface area contributed by atoms with Gasteiger partial charge in [0, 0.05) is 18.7 Å². The molecule has 0 aliphatic carbocycles. The number of carbonyl (C=O) groups excluding carboxylic acids is 1. The van der Waals surface area contributed by atoms with Gasteiger partial charge in [0.15, 0.2) is 5.96 Å². The minimum Gasteiger partial charge on any atom is -0.469 e. The van der Waals surface area contributed by atoms with Crippen LogP contribution in [0.4, 0.5) is 5.69 Å². The summed E-state index contributed by atoms with van der Waals surface area (Å²) < 4.78 is 4.59. The normalized spacial score (nSPS) is 11.2. The van der Waals surface area contributed by atoms with Crippen LogP contribution >= 0.6 is 0 Å².